The number of amides is 2. The molecular formula is C19H24N2O2. The van der Waals surface area contributed by atoms with E-state index in [1.807, 2.05) is 30.3 Å². The monoisotopic (exact) mass is 312 g/mol. The van der Waals surface area contributed by atoms with Gasteiger partial charge in [0.05, 0.1) is 18.4 Å². The van der Waals surface area contributed by atoms with E-state index in [-0.39, 0.29) is 23.7 Å². The molecule has 1 aromatic rings. The average Bonchev–Trinajstić information content (AvgIpc) is 3.13. The highest BCUT2D eigenvalue weighted by molar-refractivity contribution is 6.05. The molecule has 2 heterocycles. The predicted molar refractivity (Wildman–Crippen MR) is 87.4 cm³/mol. The Morgan fingerprint density at radius 1 is 0.870 bits per heavy atom. The predicted octanol–water partition coefficient (Wildman–Crippen LogP) is 2.44. The van der Waals surface area contributed by atoms with Crippen molar-refractivity contribution in [1.29, 1.82) is 0 Å². The molecule has 2 atom stereocenters. The molecule has 1 aromatic carbocycles. The average molecular weight is 312 g/mol. The Hall–Kier alpha value is -1.68. The highest BCUT2D eigenvalue weighted by atomic mass is 16.2. The van der Waals surface area contributed by atoms with Crippen LogP contribution >= 0.6 is 0 Å². The van der Waals surface area contributed by atoms with Crippen molar-refractivity contribution in [2.75, 3.05) is 13.1 Å². The molecule has 2 aliphatic heterocycles. The molecule has 2 saturated heterocycles. The lowest BCUT2D eigenvalue weighted by Gasteiger charge is -2.32. The highest BCUT2D eigenvalue weighted by Gasteiger charge is 2.53. The Bertz CT molecular complexity index is 571. The number of nitrogens with zero attached hydrogens (tertiary/aromatic N) is 2. The third-order valence-corrected chi connectivity index (χ3v) is 5.79. The largest absolute Gasteiger partial charge is 0.299 e. The Kier molecular flexibility index (Phi) is 3.93. The van der Waals surface area contributed by atoms with E-state index < -0.39 is 0 Å². The number of imide groups is 1. The van der Waals surface area contributed by atoms with Crippen LogP contribution in [0.2, 0.25) is 0 Å². The van der Waals surface area contributed by atoms with E-state index in [0.717, 1.165) is 18.7 Å². The molecule has 2 unspecified atom stereocenters. The van der Waals surface area contributed by atoms with E-state index in [4.69, 9.17) is 0 Å². The number of likely N-dealkylation sites (tertiary alicyclic amines) is 2. The van der Waals surface area contributed by atoms with Crippen LogP contribution in [0.15, 0.2) is 30.3 Å². The molecule has 3 aliphatic rings. The van der Waals surface area contributed by atoms with Crippen molar-refractivity contribution in [3.63, 3.8) is 0 Å². The molecule has 122 valence electrons. The second kappa shape index (κ2) is 6.08. The second-order valence-electron chi connectivity index (χ2n) is 7.21. The summed E-state index contributed by atoms with van der Waals surface area (Å²) >= 11 is 0. The standard InChI is InChI=1S/C19H24N2O2/c22-18-16-12-20(15-9-5-2-6-10-15)13-17(16)19(23)21(18)11-14-7-3-1-4-8-14/h1,3-4,7-8,15-17H,2,5-6,9-13H2. The third-order valence-electron chi connectivity index (χ3n) is 5.79. The molecule has 3 fully saturated rings. The van der Waals surface area contributed by atoms with Crippen LogP contribution in [0.1, 0.15) is 37.7 Å². The Morgan fingerprint density at radius 2 is 1.48 bits per heavy atom. The van der Waals surface area contributed by atoms with Gasteiger partial charge in [0.15, 0.2) is 0 Å². The summed E-state index contributed by atoms with van der Waals surface area (Å²) in [7, 11) is 0. The summed E-state index contributed by atoms with van der Waals surface area (Å²) in [5.74, 6) is -0.120. The van der Waals surface area contributed by atoms with E-state index in [1.54, 1.807) is 0 Å². The van der Waals surface area contributed by atoms with Crippen LogP contribution in [0.25, 0.3) is 0 Å². The van der Waals surface area contributed by atoms with Crippen LogP contribution in [-0.4, -0.2) is 40.7 Å². The normalized spacial score (nSPS) is 29.3. The summed E-state index contributed by atoms with van der Waals surface area (Å²) in [4.78, 5) is 29.3. The van der Waals surface area contributed by atoms with E-state index in [1.165, 1.54) is 37.0 Å². The number of carbonyl (C=O) groups excluding carboxylic acids is 2. The van der Waals surface area contributed by atoms with Crippen LogP contribution in [0.4, 0.5) is 0 Å². The van der Waals surface area contributed by atoms with Gasteiger partial charge in [-0.15, -0.1) is 0 Å². The molecule has 0 aromatic heterocycles. The minimum Gasteiger partial charge on any atom is -0.299 e. The molecule has 4 heteroatoms. The third kappa shape index (κ3) is 2.69. The van der Waals surface area contributed by atoms with Crippen LogP contribution in [-0.2, 0) is 16.1 Å². The van der Waals surface area contributed by atoms with Gasteiger partial charge in [0, 0.05) is 19.1 Å². The SMILES string of the molecule is O=C1C2CN(C3CCCCC3)CC2C(=O)N1Cc1ccccc1. The Balaban J connectivity index is 1.45. The van der Waals surface area contributed by atoms with Crippen molar-refractivity contribution >= 4 is 11.8 Å². The number of fused-ring (bicyclic) bond motifs is 1. The van der Waals surface area contributed by atoms with Gasteiger partial charge in [-0.3, -0.25) is 19.4 Å². The first kappa shape index (κ1) is 14.9. The summed E-state index contributed by atoms with van der Waals surface area (Å²) < 4.78 is 0. The fraction of sp³-hybridized carbons (Fsp3) is 0.579. The molecule has 1 saturated carbocycles. The molecule has 0 N–H and O–H groups in total. The first-order chi connectivity index (χ1) is 11.2. The zero-order valence-corrected chi connectivity index (χ0v) is 13.5. The fourth-order valence-electron chi connectivity index (χ4n) is 4.51. The maximum absolute atomic E-state index is 12.7. The first-order valence-electron chi connectivity index (χ1n) is 8.87. The lowest BCUT2D eigenvalue weighted by Crippen LogP contribution is -2.40. The number of benzene rings is 1. The quantitative estimate of drug-likeness (QED) is 0.805. The summed E-state index contributed by atoms with van der Waals surface area (Å²) in [5, 5.41) is 0. The van der Waals surface area contributed by atoms with Gasteiger partial charge in [-0.25, -0.2) is 0 Å². The summed E-state index contributed by atoms with van der Waals surface area (Å²) in [6, 6.07) is 10.4. The van der Waals surface area contributed by atoms with Crippen LogP contribution in [0.3, 0.4) is 0 Å². The summed E-state index contributed by atoms with van der Waals surface area (Å²) in [6.07, 6.45) is 6.38. The van der Waals surface area contributed by atoms with E-state index in [2.05, 4.69) is 4.90 Å². The van der Waals surface area contributed by atoms with E-state index in [9.17, 15) is 9.59 Å². The van der Waals surface area contributed by atoms with E-state index >= 15 is 0 Å². The number of rotatable bonds is 3. The molecule has 0 bridgehead atoms. The van der Waals surface area contributed by atoms with Crippen molar-refractivity contribution in [3.8, 4) is 0 Å². The minimum absolute atomic E-state index is 0.0437. The molecule has 4 rings (SSSR count). The van der Waals surface area contributed by atoms with E-state index in [0.29, 0.717) is 12.6 Å². The molecule has 0 radical (unpaired) electrons. The maximum Gasteiger partial charge on any atom is 0.234 e. The fourth-order valence-corrected chi connectivity index (χ4v) is 4.51. The molecular weight excluding hydrogens is 288 g/mol. The molecule has 2 amide bonds. The minimum atomic E-state index is -0.104. The van der Waals surface area contributed by atoms with Crippen molar-refractivity contribution < 1.29 is 9.59 Å². The maximum atomic E-state index is 12.7. The van der Waals surface area contributed by atoms with Gasteiger partial charge in [-0.1, -0.05) is 49.6 Å². The Morgan fingerprint density at radius 3 is 2.09 bits per heavy atom. The second-order valence-corrected chi connectivity index (χ2v) is 7.21. The highest BCUT2D eigenvalue weighted by Crippen LogP contribution is 2.37. The van der Waals surface area contributed by atoms with Gasteiger partial charge in [0.25, 0.3) is 0 Å². The van der Waals surface area contributed by atoms with Gasteiger partial charge in [-0.2, -0.15) is 0 Å². The van der Waals surface area contributed by atoms with Gasteiger partial charge in [0.1, 0.15) is 0 Å². The number of hydrogen-bond acceptors (Lipinski definition) is 3. The van der Waals surface area contributed by atoms with Crippen molar-refractivity contribution in [3.05, 3.63) is 35.9 Å². The van der Waals surface area contributed by atoms with Gasteiger partial charge >= 0.3 is 0 Å². The Labute approximate surface area is 137 Å². The zero-order valence-electron chi connectivity index (χ0n) is 13.5. The smallest absolute Gasteiger partial charge is 0.234 e. The van der Waals surface area contributed by atoms with Crippen molar-refractivity contribution in [2.45, 2.75) is 44.7 Å². The summed E-state index contributed by atoms with van der Waals surface area (Å²) in [6.45, 7) is 1.99. The number of hydrogen-bond donors (Lipinski definition) is 0. The van der Waals surface area contributed by atoms with Gasteiger partial charge < -0.3 is 0 Å². The topological polar surface area (TPSA) is 40.6 Å². The van der Waals surface area contributed by atoms with Crippen LogP contribution < -0.4 is 0 Å². The van der Waals surface area contributed by atoms with Gasteiger partial charge in [0.2, 0.25) is 11.8 Å². The van der Waals surface area contributed by atoms with Crippen molar-refractivity contribution in [1.82, 2.24) is 9.80 Å². The molecule has 1 aliphatic carbocycles. The summed E-state index contributed by atoms with van der Waals surface area (Å²) in [5.41, 5.74) is 1.03. The molecule has 4 nitrogen and oxygen atoms in total. The lowest BCUT2D eigenvalue weighted by atomic mass is 9.94. The van der Waals surface area contributed by atoms with Gasteiger partial charge in [-0.05, 0) is 18.4 Å². The zero-order chi connectivity index (χ0) is 15.8. The van der Waals surface area contributed by atoms with Crippen LogP contribution in [0.5, 0.6) is 0 Å². The van der Waals surface area contributed by atoms with Crippen LogP contribution in [0, 0.1) is 11.8 Å². The van der Waals surface area contributed by atoms with Crippen molar-refractivity contribution in [2.24, 2.45) is 11.8 Å². The first-order valence-corrected chi connectivity index (χ1v) is 8.87. The molecule has 0 spiro atoms. The molecule has 23 heavy (non-hydrogen) atoms. The lowest BCUT2D eigenvalue weighted by molar-refractivity contribution is -0.141. The number of carbonyl (C=O) groups is 2.